The van der Waals surface area contributed by atoms with Gasteiger partial charge in [0, 0.05) is 19.9 Å². The first-order valence-electron chi connectivity index (χ1n) is 6.56. The summed E-state index contributed by atoms with van der Waals surface area (Å²) in [5.74, 6) is 0.509. The maximum Gasteiger partial charge on any atom is 0.270 e. The predicted molar refractivity (Wildman–Crippen MR) is 75.3 cm³/mol. The molecule has 1 amide bonds. The van der Waals surface area contributed by atoms with E-state index in [9.17, 15) is 4.79 Å². The van der Waals surface area contributed by atoms with Crippen molar-refractivity contribution in [3.8, 4) is 5.75 Å². The molecule has 6 nitrogen and oxygen atoms in total. The van der Waals surface area contributed by atoms with Crippen LogP contribution in [0.25, 0.3) is 5.65 Å². The standard InChI is InChI=1S/C14H19N3O3/c1-4-20-11-6-5-8-17-12(10(2)16-13(11)17)14(18)15-7-9-19-3/h5-6,8H,4,7,9H2,1-3H3,(H,15,18). The van der Waals surface area contributed by atoms with E-state index in [0.717, 1.165) is 0 Å². The lowest BCUT2D eigenvalue weighted by molar-refractivity contribution is 0.0930. The Kier molecular flexibility index (Phi) is 4.57. The van der Waals surface area contributed by atoms with E-state index in [0.29, 0.717) is 42.5 Å². The van der Waals surface area contributed by atoms with Gasteiger partial charge >= 0.3 is 0 Å². The van der Waals surface area contributed by atoms with E-state index < -0.39 is 0 Å². The zero-order chi connectivity index (χ0) is 14.5. The van der Waals surface area contributed by atoms with Gasteiger partial charge in [-0.1, -0.05) is 0 Å². The number of carbonyl (C=O) groups excluding carboxylic acids is 1. The predicted octanol–water partition coefficient (Wildman–Crippen LogP) is 1.42. The zero-order valence-electron chi connectivity index (χ0n) is 12.0. The van der Waals surface area contributed by atoms with Crippen LogP contribution in [-0.2, 0) is 4.74 Å². The molecular formula is C14H19N3O3. The first-order chi connectivity index (χ1) is 9.69. The van der Waals surface area contributed by atoms with Gasteiger partial charge < -0.3 is 14.8 Å². The summed E-state index contributed by atoms with van der Waals surface area (Å²) in [6, 6.07) is 3.68. The zero-order valence-corrected chi connectivity index (χ0v) is 12.0. The number of hydrogen-bond acceptors (Lipinski definition) is 4. The molecule has 20 heavy (non-hydrogen) atoms. The summed E-state index contributed by atoms with van der Waals surface area (Å²) in [4.78, 5) is 16.6. The fourth-order valence-corrected chi connectivity index (χ4v) is 2.05. The number of nitrogens with zero attached hydrogens (tertiary/aromatic N) is 2. The highest BCUT2D eigenvalue weighted by atomic mass is 16.5. The van der Waals surface area contributed by atoms with Gasteiger partial charge in [0.2, 0.25) is 0 Å². The minimum atomic E-state index is -0.166. The molecule has 108 valence electrons. The van der Waals surface area contributed by atoms with Crippen LogP contribution < -0.4 is 10.1 Å². The van der Waals surface area contributed by atoms with E-state index in [1.807, 2.05) is 32.2 Å². The Morgan fingerprint density at radius 2 is 2.30 bits per heavy atom. The average Bonchev–Trinajstić information content (AvgIpc) is 2.76. The average molecular weight is 277 g/mol. The first kappa shape index (κ1) is 14.3. The van der Waals surface area contributed by atoms with Crippen molar-refractivity contribution in [1.82, 2.24) is 14.7 Å². The monoisotopic (exact) mass is 277 g/mol. The van der Waals surface area contributed by atoms with Gasteiger partial charge in [-0.15, -0.1) is 0 Å². The summed E-state index contributed by atoms with van der Waals surface area (Å²) in [6.07, 6.45) is 1.81. The molecule has 0 spiro atoms. The van der Waals surface area contributed by atoms with Crippen molar-refractivity contribution in [3.63, 3.8) is 0 Å². The van der Waals surface area contributed by atoms with Gasteiger partial charge in [-0.05, 0) is 26.0 Å². The fourth-order valence-electron chi connectivity index (χ4n) is 2.05. The maximum atomic E-state index is 12.2. The molecule has 0 saturated heterocycles. The molecule has 1 N–H and O–H groups in total. The van der Waals surface area contributed by atoms with Crippen molar-refractivity contribution < 1.29 is 14.3 Å². The molecule has 0 aliphatic heterocycles. The third-order valence-electron chi connectivity index (χ3n) is 2.90. The third-order valence-corrected chi connectivity index (χ3v) is 2.90. The molecule has 2 heterocycles. The van der Waals surface area contributed by atoms with Crippen LogP contribution in [0.3, 0.4) is 0 Å². The van der Waals surface area contributed by atoms with E-state index in [2.05, 4.69) is 10.3 Å². The SMILES string of the molecule is CCOc1cccn2c(C(=O)NCCOC)c(C)nc12. The topological polar surface area (TPSA) is 64.9 Å². The van der Waals surface area contributed by atoms with Crippen LogP contribution >= 0.6 is 0 Å². The molecule has 2 aromatic heterocycles. The van der Waals surface area contributed by atoms with Crippen LogP contribution in [0.15, 0.2) is 18.3 Å². The molecule has 0 saturated carbocycles. The molecule has 0 radical (unpaired) electrons. The normalized spacial score (nSPS) is 10.8. The second-order valence-electron chi connectivity index (χ2n) is 4.29. The highest BCUT2D eigenvalue weighted by molar-refractivity contribution is 5.94. The lowest BCUT2D eigenvalue weighted by atomic mass is 10.3. The molecule has 6 heteroatoms. The summed E-state index contributed by atoms with van der Waals surface area (Å²) in [5.41, 5.74) is 1.86. The van der Waals surface area contributed by atoms with E-state index >= 15 is 0 Å². The molecule has 0 fully saturated rings. The number of pyridine rings is 1. The minimum Gasteiger partial charge on any atom is -0.490 e. The second-order valence-corrected chi connectivity index (χ2v) is 4.29. The quantitative estimate of drug-likeness (QED) is 0.811. The van der Waals surface area contributed by atoms with Crippen LogP contribution in [0.5, 0.6) is 5.75 Å². The number of nitrogens with one attached hydrogen (secondary N) is 1. The van der Waals surface area contributed by atoms with Crippen LogP contribution in [0.1, 0.15) is 23.1 Å². The third kappa shape index (κ3) is 2.75. The van der Waals surface area contributed by atoms with Crippen LogP contribution in [0.4, 0.5) is 0 Å². The Hall–Kier alpha value is -2.08. The Morgan fingerprint density at radius 3 is 3.00 bits per heavy atom. The van der Waals surface area contributed by atoms with Gasteiger partial charge in [0.1, 0.15) is 5.69 Å². The lowest BCUT2D eigenvalue weighted by Gasteiger charge is -2.07. The molecule has 0 unspecified atom stereocenters. The van der Waals surface area contributed by atoms with Gasteiger partial charge in [0.05, 0.1) is 18.9 Å². The van der Waals surface area contributed by atoms with Crippen molar-refractivity contribution in [2.45, 2.75) is 13.8 Å². The van der Waals surface area contributed by atoms with E-state index in [1.54, 1.807) is 11.5 Å². The molecule has 2 rings (SSSR count). The number of imidazole rings is 1. The number of aryl methyl sites for hydroxylation is 1. The van der Waals surface area contributed by atoms with Crippen molar-refractivity contribution in [1.29, 1.82) is 0 Å². The summed E-state index contributed by atoms with van der Waals surface area (Å²) in [5, 5.41) is 2.80. The number of carbonyl (C=O) groups is 1. The fraction of sp³-hybridized carbons (Fsp3) is 0.429. The summed E-state index contributed by atoms with van der Waals surface area (Å²) >= 11 is 0. The van der Waals surface area contributed by atoms with E-state index in [4.69, 9.17) is 9.47 Å². The van der Waals surface area contributed by atoms with Gasteiger partial charge in [0.15, 0.2) is 11.4 Å². The molecule has 0 aliphatic carbocycles. The number of fused-ring (bicyclic) bond motifs is 1. The smallest absolute Gasteiger partial charge is 0.270 e. The Balaban J connectivity index is 2.36. The van der Waals surface area contributed by atoms with Gasteiger partial charge in [-0.2, -0.15) is 0 Å². The molecular weight excluding hydrogens is 258 g/mol. The molecule has 2 aromatic rings. The summed E-state index contributed by atoms with van der Waals surface area (Å²) in [6.45, 7) is 5.23. The Labute approximate surface area is 117 Å². The Bertz CT molecular complexity index is 607. The highest BCUT2D eigenvalue weighted by Crippen LogP contribution is 2.21. The van der Waals surface area contributed by atoms with Gasteiger partial charge in [-0.3, -0.25) is 9.20 Å². The van der Waals surface area contributed by atoms with E-state index in [1.165, 1.54) is 0 Å². The van der Waals surface area contributed by atoms with E-state index in [-0.39, 0.29) is 5.91 Å². The van der Waals surface area contributed by atoms with Gasteiger partial charge in [0.25, 0.3) is 5.91 Å². The molecule has 0 atom stereocenters. The van der Waals surface area contributed by atoms with Crippen molar-refractivity contribution >= 4 is 11.6 Å². The lowest BCUT2D eigenvalue weighted by Crippen LogP contribution is -2.28. The number of rotatable bonds is 6. The largest absolute Gasteiger partial charge is 0.490 e. The number of hydrogen-bond donors (Lipinski definition) is 1. The molecule has 0 aliphatic rings. The highest BCUT2D eigenvalue weighted by Gasteiger charge is 2.18. The number of methoxy groups -OCH3 is 1. The molecule has 0 bridgehead atoms. The van der Waals surface area contributed by atoms with Crippen molar-refractivity contribution in [2.24, 2.45) is 0 Å². The maximum absolute atomic E-state index is 12.2. The second kappa shape index (κ2) is 6.38. The molecule has 0 aromatic carbocycles. The van der Waals surface area contributed by atoms with Crippen LogP contribution in [-0.4, -0.2) is 42.2 Å². The van der Waals surface area contributed by atoms with Crippen molar-refractivity contribution in [2.75, 3.05) is 26.9 Å². The number of ether oxygens (including phenoxy) is 2. The summed E-state index contributed by atoms with van der Waals surface area (Å²) in [7, 11) is 1.60. The van der Waals surface area contributed by atoms with Crippen LogP contribution in [0, 0.1) is 6.92 Å². The van der Waals surface area contributed by atoms with Crippen molar-refractivity contribution in [3.05, 3.63) is 29.7 Å². The Morgan fingerprint density at radius 1 is 1.50 bits per heavy atom. The number of amides is 1. The van der Waals surface area contributed by atoms with Crippen LogP contribution in [0.2, 0.25) is 0 Å². The summed E-state index contributed by atoms with van der Waals surface area (Å²) < 4.78 is 12.2. The minimum absolute atomic E-state index is 0.166. The first-order valence-corrected chi connectivity index (χ1v) is 6.56. The van der Waals surface area contributed by atoms with Gasteiger partial charge in [-0.25, -0.2) is 4.98 Å². The number of aromatic nitrogens is 2.